The number of carbonyl (C=O) groups excluding carboxylic acids is 1. The van der Waals surface area contributed by atoms with Crippen molar-refractivity contribution < 1.29 is 26.7 Å². The lowest BCUT2D eigenvalue weighted by molar-refractivity contribution is -0.0498. The number of hydrogen-bond acceptors (Lipinski definition) is 4. The summed E-state index contributed by atoms with van der Waals surface area (Å²) in [7, 11) is -3.74. The van der Waals surface area contributed by atoms with E-state index in [0.29, 0.717) is 18.7 Å². The van der Waals surface area contributed by atoms with Crippen molar-refractivity contribution in [2.45, 2.75) is 31.9 Å². The van der Waals surface area contributed by atoms with Gasteiger partial charge in [0.2, 0.25) is 10.0 Å². The molecule has 0 unspecified atom stereocenters. The highest BCUT2D eigenvalue weighted by atomic mass is 35.5. The second kappa shape index (κ2) is 10.00. The normalized spacial score (nSPS) is 11.7. The van der Waals surface area contributed by atoms with Crippen molar-refractivity contribution >= 4 is 27.5 Å². The van der Waals surface area contributed by atoms with Crippen molar-refractivity contribution in [3.05, 3.63) is 58.6 Å². The lowest BCUT2D eigenvalue weighted by atomic mass is 10.2. The van der Waals surface area contributed by atoms with Gasteiger partial charge in [-0.2, -0.15) is 13.1 Å². The summed E-state index contributed by atoms with van der Waals surface area (Å²) < 4.78 is 55.2. The molecule has 0 atom stereocenters. The highest BCUT2D eigenvalue weighted by molar-refractivity contribution is 7.89. The molecule has 0 aliphatic carbocycles. The predicted octanol–water partition coefficient (Wildman–Crippen LogP) is 3.90. The van der Waals surface area contributed by atoms with Crippen LogP contribution in [0.4, 0.5) is 8.78 Å². The molecule has 10 heteroatoms. The van der Waals surface area contributed by atoms with E-state index in [4.69, 9.17) is 11.6 Å². The summed E-state index contributed by atoms with van der Waals surface area (Å²) in [6.45, 7) is 1.23. The molecule has 0 saturated carbocycles. The SMILES string of the molecule is CCN(CC)S(=O)(=O)c1ccc(Cl)c(C(=O)NCc2ccc(OC(F)F)cc2)c1. The van der Waals surface area contributed by atoms with Gasteiger partial charge in [-0.3, -0.25) is 4.79 Å². The van der Waals surface area contributed by atoms with Crippen molar-refractivity contribution in [3.63, 3.8) is 0 Å². The minimum atomic E-state index is -3.74. The number of sulfonamides is 1. The molecular weight excluding hydrogens is 426 g/mol. The molecule has 0 heterocycles. The first kappa shape index (κ1) is 23.1. The number of benzene rings is 2. The fourth-order valence-electron chi connectivity index (χ4n) is 2.62. The number of halogens is 3. The van der Waals surface area contributed by atoms with Crippen LogP contribution in [0.5, 0.6) is 5.75 Å². The van der Waals surface area contributed by atoms with Gasteiger partial charge in [0.1, 0.15) is 5.75 Å². The highest BCUT2D eigenvalue weighted by Crippen LogP contribution is 2.23. The Kier molecular flexibility index (Phi) is 7.95. The molecule has 6 nitrogen and oxygen atoms in total. The van der Waals surface area contributed by atoms with Gasteiger partial charge in [-0.1, -0.05) is 37.6 Å². The van der Waals surface area contributed by atoms with E-state index < -0.39 is 22.5 Å². The summed E-state index contributed by atoms with van der Waals surface area (Å²) in [6, 6.07) is 9.74. The number of hydrogen-bond donors (Lipinski definition) is 1. The number of nitrogens with one attached hydrogen (secondary N) is 1. The van der Waals surface area contributed by atoms with E-state index in [9.17, 15) is 22.0 Å². The molecule has 29 heavy (non-hydrogen) atoms. The van der Waals surface area contributed by atoms with Crippen molar-refractivity contribution in [2.24, 2.45) is 0 Å². The Bertz CT molecular complexity index is 949. The number of alkyl halides is 2. The minimum absolute atomic E-state index is 0.00688. The number of nitrogens with zero attached hydrogens (tertiary/aromatic N) is 1. The topological polar surface area (TPSA) is 75.7 Å². The van der Waals surface area contributed by atoms with Crippen molar-refractivity contribution in [1.82, 2.24) is 9.62 Å². The highest BCUT2D eigenvalue weighted by Gasteiger charge is 2.23. The van der Waals surface area contributed by atoms with Gasteiger partial charge in [-0.05, 0) is 35.9 Å². The first-order valence-corrected chi connectivity index (χ1v) is 10.6. The summed E-state index contributed by atoms with van der Waals surface area (Å²) >= 11 is 6.08. The quantitative estimate of drug-likeness (QED) is 0.633. The lowest BCUT2D eigenvalue weighted by Gasteiger charge is -2.19. The minimum Gasteiger partial charge on any atom is -0.435 e. The van der Waals surface area contributed by atoms with Crippen LogP contribution < -0.4 is 10.1 Å². The fraction of sp³-hybridized carbons (Fsp3) is 0.316. The molecule has 0 bridgehead atoms. The van der Waals surface area contributed by atoms with Crippen LogP contribution in [-0.4, -0.2) is 38.3 Å². The molecule has 0 spiro atoms. The van der Waals surface area contributed by atoms with Crippen molar-refractivity contribution in [2.75, 3.05) is 13.1 Å². The van der Waals surface area contributed by atoms with Gasteiger partial charge in [0.15, 0.2) is 0 Å². The largest absolute Gasteiger partial charge is 0.435 e. The molecule has 0 fully saturated rings. The third-order valence-electron chi connectivity index (χ3n) is 4.13. The molecule has 0 aromatic heterocycles. The van der Waals surface area contributed by atoms with Crippen molar-refractivity contribution in [3.8, 4) is 5.75 Å². The molecule has 0 aliphatic heterocycles. The van der Waals surface area contributed by atoms with Crippen LogP contribution in [0.2, 0.25) is 5.02 Å². The molecular formula is C19H21ClF2N2O4S. The average molecular weight is 447 g/mol. The zero-order valence-corrected chi connectivity index (χ0v) is 17.4. The molecule has 0 saturated heterocycles. The first-order chi connectivity index (χ1) is 13.7. The van der Waals surface area contributed by atoms with Crippen LogP contribution in [0, 0.1) is 0 Å². The van der Waals surface area contributed by atoms with Crippen LogP contribution >= 0.6 is 11.6 Å². The molecule has 2 rings (SSSR count). The standard InChI is InChI=1S/C19H21ClF2N2O4S/c1-3-24(4-2)29(26,27)15-9-10-17(20)16(11-15)18(25)23-12-13-5-7-14(8-6-13)28-19(21)22/h5-11,19H,3-4,12H2,1-2H3,(H,23,25). The third-order valence-corrected chi connectivity index (χ3v) is 6.50. The lowest BCUT2D eigenvalue weighted by Crippen LogP contribution is -2.31. The number of ether oxygens (including phenoxy) is 1. The molecule has 158 valence electrons. The number of amides is 1. The first-order valence-electron chi connectivity index (χ1n) is 8.80. The van der Waals surface area contributed by atoms with E-state index in [1.54, 1.807) is 13.8 Å². The second-order valence-electron chi connectivity index (χ2n) is 5.94. The van der Waals surface area contributed by atoms with Gasteiger partial charge >= 0.3 is 6.61 Å². The Morgan fingerprint density at radius 1 is 1.14 bits per heavy atom. The Morgan fingerprint density at radius 3 is 2.31 bits per heavy atom. The van der Waals surface area contributed by atoms with Gasteiger partial charge in [0.05, 0.1) is 15.5 Å². The van der Waals surface area contributed by atoms with E-state index in [1.807, 2.05) is 0 Å². The number of carbonyl (C=O) groups is 1. The molecule has 2 aromatic rings. The summed E-state index contributed by atoms with van der Waals surface area (Å²) in [6.07, 6.45) is 0. The van der Waals surface area contributed by atoms with Gasteiger partial charge < -0.3 is 10.1 Å². The van der Waals surface area contributed by atoms with E-state index in [0.717, 1.165) is 0 Å². The van der Waals surface area contributed by atoms with Gasteiger partial charge in [0.25, 0.3) is 5.91 Å². The monoisotopic (exact) mass is 446 g/mol. The summed E-state index contributed by atoms with van der Waals surface area (Å²) in [5, 5.41) is 2.74. The fourth-order valence-corrected chi connectivity index (χ4v) is 4.31. The molecule has 0 aliphatic rings. The van der Waals surface area contributed by atoms with E-state index in [1.165, 1.54) is 46.8 Å². The maximum Gasteiger partial charge on any atom is 0.387 e. The van der Waals surface area contributed by atoms with Crippen LogP contribution in [0.25, 0.3) is 0 Å². The predicted molar refractivity (Wildman–Crippen MR) is 106 cm³/mol. The molecule has 1 amide bonds. The van der Waals surface area contributed by atoms with Gasteiger partial charge in [0, 0.05) is 19.6 Å². The maximum absolute atomic E-state index is 12.7. The van der Waals surface area contributed by atoms with Crippen LogP contribution in [-0.2, 0) is 16.6 Å². The zero-order chi connectivity index (χ0) is 21.6. The summed E-state index contributed by atoms with van der Waals surface area (Å²) in [4.78, 5) is 12.5. The van der Waals surface area contributed by atoms with Gasteiger partial charge in [-0.15, -0.1) is 0 Å². The molecule has 1 N–H and O–H groups in total. The molecule has 2 aromatic carbocycles. The Hall–Kier alpha value is -2.23. The van der Waals surface area contributed by atoms with Crippen molar-refractivity contribution in [1.29, 1.82) is 0 Å². The molecule has 0 radical (unpaired) electrons. The maximum atomic E-state index is 12.7. The Morgan fingerprint density at radius 2 is 1.76 bits per heavy atom. The number of rotatable bonds is 9. The smallest absolute Gasteiger partial charge is 0.387 e. The third kappa shape index (κ3) is 5.88. The van der Waals surface area contributed by atoms with E-state index >= 15 is 0 Å². The van der Waals surface area contributed by atoms with Crippen LogP contribution in [0.3, 0.4) is 0 Å². The zero-order valence-electron chi connectivity index (χ0n) is 15.9. The summed E-state index contributed by atoms with van der Waals surface area (Å²) in [5.41, 5.74) is 0.667. The Balaban J connectivity index is 2.15. The van der Waals surface area contributed by atoms with E-state index in [-0.39, 0.29) is 27.8 Å². The van der Waals surface area contributed by atoms with E-state index in [2.05, 4.69) is 10.1 Å². The Labute approximate surface area is 173 Å². The van der Waals surface area contributed by atoms with Crippen LogP contribution in [0.15, 0.2) is 47.4 Å². The second-order valence-corrected chi connectivity index (χ2v) is 8.28. The average Bonchev–Trinajstić information content (AvgIpc) is 2.67. The summed E-state index contributed by atoms with van der Waals surface area (Å²) in [5.74, 6) is -0.549. The van der Waals surface area contributed by atoms with Gasteiger partial charge in [-0.25, -0.2) is 8.42 Å². The van der Waals surface area contributed by atoms with Crippen LogP contribution in [0.1, 0.15) is 29.8 Å².